The SMILES string of the molecule is COc1ccc(C(=O)Nc2c(C)cnn2CC2CC2)cc1S(=O)(=O)NC1CCCC1. The number of nitrogens with one attached hydrogen (secondary N) is 2. The summed E-state index contributed by atoms with van der Waals surface area (Å²) in [6, 6.07) is 4.39. The molecule has 2 fully saturated rings. The molecule has 0 atom stereocenters. The van der Waals surface area contributed by atoms with Crippen molar-refractivity contribution in [1.29, 1.82) is 0 Å². The van der Waals surface area contributed by atoms with E-state index < -0.39 is 10.0 Å². The van der Waals surface area contributed by atoms with Crippen LogP contribution in [0, 0.1) is 12.8 Å². The zero-order valence-electron chi connectivity index (χ0n) is 17.3. The molecule has 4 rings (SSSR count). The third-order valence-corrected chi connectivity index (χ3v) is 7.32. The molecule has 0 radical (unpaired) electrons. The number of hydrogen-bond acceptors (Lipinski definition) is 5. The molecule has 2 saturated carbocycles. The van der Waals surface area contributed by atoms with E-state index in [9.17, 15) is 13.2 Å². The first-order valence-electron chi connectivity index (χ1n) is 10.4. The van der Waals surface area contributed by atoms with Crippen LogP contribution in [0.2, 0.25) is 0 Å². The Morgan fingerprint density at radius 2 is 1.97 bits per heavy atom. The zero-order chi connectivity index (χ0) is 21.3. The Kier molecular flexibility index (Phi) is 5.84. The first-order valence-corrected chi connectivity index (χ1v) is 11.9. The number of carbonyl (C=O) groups is 1. The molecule has 0 unspecified atom stereocenters. The summed E-state index contributed by atoms with van der Waals surface area (Å²) < 4.78 is 35.7. The van der Waals surface area contributed by atoms with E-state index in [1.165, 1.54) is 32.1 Å². The quantitative estimate of drug-likeness (QED) is 0.667. The number of carbonyl (C=O) groups excluding carboxylic acids is 1. The second-order valence-corrected chi connectivity index (χ2v) is 9.91. The van der Waals surface area contributed by atoms with Gasteiger partial charge in [0.05, 0.1) is 13.3 Å². The van der Waals surface area contributed by atoms with E-state index in [0.29, 0.717) is 11.7 Å². The molecule has 1 aromatic heterocycles. The fourth-order valence-electron chi connectivity index (χ4n) is 3.86. The van der Waals surface area contributed by atoms with Crippen molar-refractivity contribution in [3.05, 3.63) is 35.5 Å². The lowest BCUT2D eigenvalue weighted by Gasteiger charge is -2.16. The van der Waals surface area contributed by atoms with Crippen LogP contribution in [-0.4, -0.2) is 37.3 Å². The maximum absolute atomic E-state index is 13.0. The van der Waals surface area contributed by atoms with E-state index in [0.717, 1.165) is 37.8 Å². The fourth-order valence-corrected chi connectivity index (χ4v) is 5.36. The van der Waals surface area contributed by atoms with Crippen molar-refractivity contribution < 1.29 is 17.9 Å². The Morgan fingerprint density at radius 1 is 1.23 bits per heavy atom. The minimum absolute atomic E-state index is 0.0206. The van der Waals surface area contributed by atoms with Gasteiger partial charge in [-0.1, -0.05) is 12.8 Å². The van der Waals surface area contributed by atoms with Crippen molar-refractivity contribution in [2.24, 2.45) is 5.92 Å². The Labute approximate surface area is 177 Å². The van der Waals surface area contributed by atoms with Gasteiger partial charge in [0.15, 0.2) is 0 Å². The summed E-state index contributed by atoms with van der Waals surface area (Å²) in [6.07, 6.45) is 7.77. The van der Waals surface area contributed by atoms with Crippen LogP contribution in [0.1, 0.15) is 54.4 Å². The van der Waals surface area contributed by atoms with Crippen molar-refractivity contribution >= 4 is 21.7 Å². The number of rotatable bonds is 8. The van der Waals surface area contributed by atoms with Gasteiger partial charge in [-0.05, 0) is 56.7 Å². The normalized spacial score (nSPS) is 17.3. The molecule has 30 heavy (non-hydrogen) atoms. The van der Waals surface area contributed by atoms with Crippen LogP contribution < -0.4 is 14.8 Å². The second-order valence-electron chi connectivity index (χ2n) is 8.22. The summed E-state index contributed by atoms with van der Waals surface area (Å²) >= 11 is 0. The third kappa shape index (κ3) is 4.52. The smallest absolute Gasteiger partial charge is 0.256 e. The number of aryl methyl sites for hydroxylation is 1. The maximum atomic E-state index is 13.0. The molecule has 0 aliphatic heterocycles. The lowest BCUT2D eigenvalue weighted by Crippen LogP contribution is -2.33. The molecule has 2 aromatic rings. The van der Waals surface area contributed by atoms with Gasteiger partial charge in [0, 0.05) is 23.7 Å². The van der Waals surface area contributed by atoms with Gasteiger partial charge in [-0.15, -0.1) is 0 Å². The number of aromatic nitrogens is 2. The molecule has 1 heterocycles. The molecule has 1 amide bonds. The van der Waals surface area contributed by atoms with Gasteiger partial charge in [0.25, 0.3) is 5.91 Å². The first kappa shape index (κ1) is 20.9. The van der Waals surface area contributed by atoms with E-state index in [1.54, 1.807) is 12.3 Å². The van der Waals surface area contributed by atoms with Crippen molar-refractivity contribution in [2.45, 2.75) is 62.9 Å². The van der Waals surface area contributed by atoms with Gasteiger partial charge < -0.3 is 10.1 Å². The molecule has 0 spiro atoms. The Hall–Kier alpha value is -2.39. The molecular weight excluding hydrogens is 404 g/mol. The molecule has 2 aliphatic carbocycles. The van der Waals surface area contributed by atoms with Crippen molar-refractivity contribution in [1.82, 2.24) is 14.5 Å². The van der Waals surface area contributed by atoms with E-state index in [4.69, 9.17) is 4.74 Å². The predicted molar refractivity (Wildman–Crippen MR) is 113 cm³/mol. The number of amides is 1. The van der Waals surface area contributed by atoms with Crippen LogP contribution in [0.15, 0.2) is 29.3 Å². The van der Waals surface area contributed by atoms with Crippen LogP contribution in [0.5, 0.6) is 5.75 Å². The van der Waals surface area contributed by atoms with Crippen molar-refractivity contribution in [3.8, 4) is 5.75 Å². The molecular formula is C21H28N4O4S. The highest BCUT2D eigenvalue weighted by Crippen LogP contribution is 2.32. The van der Waals surface area contributed by atoms with Crippen LogP contribution >= 0.6 is 0 Å². The Bertz CT molecular complexity index is 1040. The largest absolute Gasteiger partial charge is 0.495 e. The number of anilines is 1. The van der Waals surface area contributed by atoms with E-state index in [2.05, 4.69) is 15.1 Å². The number of sulfonamides is 1. The average Bonchev–Trinajstić information content (AvgIpc) is 3.29. The van der Waals surface area contributed by atoms with Crippen LogP contribution in [0.4, 0.5) is 5.82 Å². The highest BCUT2D eigenvalue weighted by molar-refractivity contribution is 7.89. The minimum Gasteiger partial charge on any atom is -0.495 e. The molecule has 1 aromatic carbocycles. The summed E-state index contributed by atoms with van der Waals surface area (Å²) in [5.41, 5.74) is 1.12. The second kappa shape index (κ2) is 8.39. The summed E-state index contributed by atoms with van der Waals surface area (Å²) in [7, 11) is -2.38. The topological polar surface area (TPSA) is 102 Å². The molecule has 2 N–H and O–H groups in total. The summed E-state index contributed by atoms with van der Waals surface area (Å²) in [5.74, 6) is 1.10. The minimum atomic E-state index is -3.80. The maximum Gasteiger partial charge on any atom is 0.256 e. The van der Waals surface area contributed by atoms with Gasteiger partial charge in [-0.25, -0.2) is 17.8 Å². The zero-order valence-corrected chi connectivity index (χ0v) is 18.2. The van der Waals surface area contributed by atoms with Gasteiger partial charge in [-0.2, -0.15) is 5.10 Å². The van der Waals surface area contributed by atoms with Crippen LogP contribution in [0.3, 0.4) is 0 Å². The summed E-state index contributed by atoms with van der Waals surface area (Å²) in [6.45, 7) is 2.67. The van der Waals surface area contributed by atoms with Crippen molar-refractivity contribution in [2.75, 3.05) is 12.4 Å². The number of nitrogens with zero attached hydrogens (tertiary/aromatic N) is 2. The van der Waals surface area contributed by atoms with Gasteiger partial charge in [0.1, 0.15) is 16.5 Å². The predicted octanol–water partition coefficient (Wildman–Crippen LogP) is 3.08. The number of ether oxygens (including phenoxy) is 1. The van der Waals surface area contributed by atoms with Crippen LogP contribution in [0.25, 0.3) is 0 Å². The summed E-state index contributed by atoms with van der Waals surface area (Å²) in [4.78, 5) is 12.9. The van der Waals surface area contributed by atoms with E-state index in [-0.39, 0.29) is 28.2 Å². The third-order valence-electron chi connectivity index (χ3n) is 5.77. The highest BCUT2D eigenvalue weighted by atomic mass is 32.2. The first-order chi connectivity index (χ1) is 14.4. The highest BCUT2D eigenvalue weighted by Gasteiger charge is 2.27. The van der Waals surface area contributed by atoms with Gasteiger partial charge >= 0.3 is 0 Å². The van der Waals surface area contributed by atoms with Gasteiger partial charge in [0.2, 0.25) is 10.0 Å². The monoisotopic (exact) mass is 432 g/mol. The Morgan fingerprint density at radius 3 is 2.63 bits per heavy atom. The molecule has 0 bridgehead atoms. The molecule has 0 saturated heterocycles. The molecule has 162 valence electrons. The van der Waals surface area contributed by atoms with Crippen LogP contribution in [-0.2, 0) is 16.6 Å². The lowest BCUT2D eigenvalue weighted by molar-refractivity contribution is 0.102. The molecule has 8 nitrogen and oxygen atoms in total. The average molecular weight is 433 g/mol. The fraction of sp³-hybridized carbons (Fsp3) is 0.524. The van der Waals surface area contributed by atoms with E-state index in [1.807, 2.05) is 11.6 Å². The molecule has 2 aliphatic rings. The number of methoxy groups -OCH3 is 1. The van der Waals surface area contributed by atoms with Gasteiger partial charge in [-0.3, -0.25) is 4.79 Å². The standard InChI is InChI=1S/C21H28N4O4S/c1-14-12-22-25(13-15-7-8-15)20(14)23-21(26)16-9-10-18(29-2)19(11-16)30(27,28)24-17-5-3-4-6-17/h9-12,15,17,24H,3-8,13H2,1-2H3,(H,23,26). The lowest BCUT2D eigenvalue weighted by atomic mass is 10.2. The van der Waals surface area contributed by atoms with Crippen molar-refractivity contribution in [3.63, 3.8) is 0 Å². The Balaban J connectivity index is 1.58. The summed E-state index contributed by atoms with van der Waals surface area (Å²) in [5, 5.41) is 7.26. The number of benzene rings is 1. The van der Waals surface area contributed by atoms with E-state index >= 15 is 0 Å². The molecule has 9 heteroatoms. The number of hydrogen-bond donors (Lipinski definition) is 2.